The molecule has 0 aliphatic heterocycles. The van der Waals surface area contributed by atoms with Crippen molar-refractivity contribution in [2.24, 2.45) is 0 Å². The van der Waals surface area contributed by atoms with Gasteiger partial charge in [0.25, 0.3) is 10.1 Å². The highest BCUT2D eigenvalue weighted by Gasteiger charge is 2.00. The lowest BCUT2D eigenvalue weighted by molar-refractivity contribution is -0.00170. The van der Waals surface area contributed by atoms with Gasteiger partial charge in [0.05, 0.1) is 65.2 Å². The summed E-state index contributed by atoms with van der Waals surface area (Å²) in [6.45, 7) is 2.70. The van der Waals surface area contributed by atoms with Gasteiger partial charge in [-0.1, -0.05) is 0 Å². The number of rotatable bonds is 14. The molecule has 0 rings (SSSR count). The van der Waals surface area contributed by atoms with Crippen molar-refractivity contribution in [3.8, 4) is 6.07 Å². The molecule has 0 aliphatic carbocycles. The fourth-order valence-electron chi connectivity index (χ4n) is 1.02. The summed E-state index contributed by atoms with van der Waals surface area (Å²) in [5, 5.41) is 8.20. The Kier molecular flexibility index (Phi) is 12.7. The minimum Gasteiger partial charge on any atom is -0.377 e. The predicted molar refractivity (Wildman–Crippen MR) is 69.7 cm³/mol. The monoisotopic (exact) mass is 311 g/mol. The van der Waals surface area contributed by atoms with E-state index >= 15 is 0 Å². The highest BCUT2D eigenvalue weighted by molar-refractivity contribution is 7.85. The maximum absolute atomic E-state index is 10.6. The number of nitrogens with zero attached hydrogens (tertiary/aromatic N) is 1. The van der Waals surface area contributed by atoms with Crippen LogP contribution in [0.5, 0.6) is 0 Å². The molecular formula is C11H21NO7S. The van der Waals surface area contributed by atoms with Crippen molar-refractivity contribution in [3.63, 3.8) is 0 Å². The summed E-state index contributed by atoms with van der Waals surface area (Å²) in [5.74, 6) is 0. The van der Waals surface area contributed by atoms with Crippen LogP contribution in [-0.4, -0.2) is 74.1 Å². The zero-order valence-electron chi connectivity index (χ0n) is 11.6. The van der Waals surface area contributed by atoms with Crippen molar-refractivity contribution in [1.82, 2.24) is 0 Å². The molecule has 0 saturated carbocycles. The molecule has 0 aromatic carbocycles. The Hall–Kier alpha value is -0.760. The van der Waals surface area contributed by atoms with Gasteiger partial charge in [-0.2, -0.15) is 13.7 Å². The largest absolute Gasteiger partial charge is 0.377 e. The summed E-state index contributed by atoms with van der Waals surface area (Å²) in [6.07, 6.45) is 0.988. The van der Waals surface area contributed by atoms with Crippen LogP contribution in [0.15, 0.2) is 0 Å². The van der Waals surface area contributed by atoms with Crippen LogP contribution in [0.25, 0.3) is 0 Å². The summed E-state index contributed by atoms with van der Waals surface area (Å²) in [6, 6.07) is 1.86. The lowest BCUT2D eigenvalue weighted by Gasteiger charge is -2.06. The van der Waals surface area contributed by atoms with E-state index in [1.54, 1.807) is 0 Å². The molecule has 0 aliphatic rings. The Morgan fingerprint density at radius 1 is 0.800 bits per heavy atom. The lowest BCUT2D eigenvalue weighted by Crippen LogP contribution is -2.14. The van der Waals surface area contributed by atoms with E-state index in [2.05, 4.69) is 4.18 Å². The molecule has 0 bridgehead atoms. The third kappa shape index (κ3) is 17.2. The van der Waals surface area contributed by atoms with Crippen molar-refractivity contribution >= 4 is 10.1 Å². The van der Waals surface area contributed by atoms with Gasteiger partial charge in [-0.25, -0.2) is 0 Å². The van der Waals surface area contributed by atoms with Crippen LogP contribution < -0.4 is 0 Å². The maximum atomic E-state index is 10.6. The van der Waals surface area contributed by atoms with Gasteiger partial charge < -0.3 is 18.9 Å². The molecule has 0 N–H and O–H groups in total. The predicted octanol–water partition coefficient (Wildman–Crippen LogP) is -0.447. The lowest BCUT2D eigenvalue weighted by atomic mass is 10.7. The van der Waals surface area contributed by atoms with Crippen LogP contribution in [-0.2, 0) is 33.2 Å². The molecule has 0 fully saturated rings. The molecule has 0 amide bonds. The summed E-state index contributed by atoms with van der Waals surface area (Å²) < 4.78 is 46.1. The van der Waals surface area contributed by atoms with Crippen LogP contribution in [0.2, 0.25) is 0 Å². The zero-order valence-corrected chi connectivity index (χ0v) is 12.4. The molecular weight excluding hydrogens is 290 g/mol. The summed E-state index contributed by atoms with van der Waals surface area (Å²) >= 11 is 0. The molecule has 20 heavy (non-hydrogen) atoms. The van der Waals surface area contributed by atoms with E-state index in [1.165, 1.54) is 0 Å². The Balaban J connectivity index is 3.05. The van der Waals surface area contributed by atoms with Crippen molar-refractivity contribution < 1.29 is 31.5 Å². The standard InChI is InChI=1S/C11H21NO7S/c1-20(13,14)19-11-10-18-9-8-17-7-6-16-5-4-15-3-2-12/h3-11H2,1H3. The van der Waals surface area contributed by atoms with Gasteiger partial charge in [0.1, 0.15) is 6.61 Å². The van der Waals surface area contributed by atoms with Crippen LogP contribution in [0.4, 0.5) is 0 Å². The summed E-state index contributed by atoms with van der Waals surface area (Å²) in [5.41, 5.74) is 0. The van der Waals surface area contributed by atoms with Gasteiger partial charge in [0.2, 0.25) is 0 Å². The quantitative estimate of drug-likeness (QED) is 0.314. The first-order valence-corrected chi connectivity index (χ1v) is 7.90. The maximum Gasteiger partial charge on any atom is 0.264 e. The summed E-state index contributed by atoms with van der Waals surface area (Å²) in [4.78, 5) is 0. The van der Waals surface area contributed by atoms with Gasteiger partial charge in [-0.05, 0) is 0 Å². The van der Waals surface area contributed by atoms with Gasteiger partial charge in [0.15, 0.2) is 0 Å². The highest BCUT2D eigenvalue weighted by atomic mass is 32.2. The Labute approximate surface area is 119 Å². The second-order valence-electron chi connectivity index (χ2n) is 3.57. The Morgan fingerprint density at radius 2 is 1.20 bits per heavy atom. The molecule has 0 radical (unpaired) electrons. The average Bonchev–Trinajstić information content (AvgIpc) is 2.38. The van der Waals surface area contributed by atoms with E-state index in [1.807, 2.05) is 6.07 Å². The first kappa shape index (κ1) is 19.2. The fourth-order valence-corrected chi connectivity index (χ4v) is 1.39. The number of nitriles is 1. The second-order valence-corrected chi connectivity index (χ2v) is 5.22. The molecule has 9 heteroatoms. The first-order chi connectivity index (χ1) is 9.56. The Bertz CT molecular complexity index is 352. The molecule has 0 aromatic heterocycles. The molecule has 0 heterocycles. The normalized spacial score (nSPS) is 11.4. The molecule has 0 aromatic rings. The van der Waals surface area contributed by atoms with E-state index in [4.69, 9.17) is 24.2 Å². The molecule has 8 nitrogen and oxygen atoms in total. The second kappa shape index (κ2) is 13.2. The van der Waals surface area contributed by atoms with Crippen LogP contribution in [0, 0.1) is 11.3 Å². The van der Waals surface area contributed by atoms with E-state index in [-0.39, 0.29) is 19.8 Å². The average molecular weight is 311 g/mol. The van der Waals surface area contributed by atoms with Gasteiger partial charge >= 0.3 is 0 Å². The SMILES string of the molecule is CS(=O)(=O)OCCOCCOCCOCCOCC#N. The number of ether oxygens (including phenoxy) is 4. The highest BCUT2D eigenvalue weighted by Crippen LogP contribution is 1.87. The number of hydrogen-bond donors (Lipinski definition) is 0. The van der Waals surface area contributed by atoms with Crippen molar-refractivity contribution in [1.29, 1.82) is 5.26 Å². The van der Waals surface area contributed by atoms with Crippen molar-refractivity contribution in [3.05, 3.63) is 0 Å². The van der Waals surface area contributed by atoms with E-state index < -0.39 is 10.1 Å². The van der Waals surface area contributed by atoms with Gasteiger partial charge in [-0.3, -0.25) is 4.18 Å². The molecule has 0 atom stereocenters. The smallest absolute Gasteiger partial charge is 0.264 e. The minimum absolute atomic E-state index is 0.00460. The van der Waals surface area contributed by atoms with Crippen molar-refractivity contribution in [2.75, 3.05) is 65.7 Å². The van der Waals surface area contributed by atoms with Crippen LogP contribution >= 0.6 is 0 Å². The first-order valence-electron chi connectivity index (χ1n) is 6.08. The molecule has 0 unspecified atom stereocenters. The van der Waals surface area contributed by atoms with Gasteiger partial charge in [0, 0.05) is 0 Å². The topological polar surface area (TPSA) is 104 Å². The van der Waals surface area contributed by atoms with Gasteiger partial charge in [-0.15, -0.1) is 0 Å². The van der Waals surface area contributed by atoms with Crippen LogP contribution in [0.3, 0.4) is 0 Å². The third-order valence-corrected chi connectivity index (χ3v) is 2.40. The van der Waals surface area contributed by atoms with E-state index in [0.717, 1.165) is 6.26 Å². The third-order valence-electron chi connectivity index (χ3n) is 1.81. The van der Waals surface area contributed by atoms with E-state index in [9.17, 15) is 8.42 Å². The zero-order chi connectivity index (χ0) is 15.1. The molecule has 0 saturated heterocycles. The van der Waals surface area contributed by atoms with Crippen molar-refractivity contribution in [2.45, 2.75) is 0 Å². The van der Waals surface area contributed by atoms with Crippen LogP contribution in [0.1, 0.15) is 0 Å². The summed E-state index contributed by atoms with van der Waals surface area (Å²) in [7, 11) is -3.40. The molecule has 0 spiro atoms. The minimum atomic E-state index is -3.40. The van der Waals surface area contributed by atoms with E-state index in [0.29, 0.717) is 39.6 Å². The fraction of sp³-hybridized carbons (Fsp3) is 0.909. The number of hydrogen-bond acceptors (Lipinski definition) is 8. The Morgan fingerprint density at radius 3 is 1.60 bits per heavy atom. The molecule has 118 valence electrons.